The Morgan fingerprint density at radius 3 is 2.60 bits per heavy atom. The Bertz CT molecular complexity index is 2080. The van der Waals surface area contributed by atoms with Gasteiger partial charge in [-0.05, 0) is 48.7 Å². The molecule has 5 heterocycles. The van der Waals surface area contributed by atoms with E-state index in [0.29, 0.717) is 41.5 Å². The van der Waals surface area contributed by atoms with Gasteiger partial charge in [-0.1, -0.05) is 12.2 Å². The summed E-state index contributed by atoms with van der Waals surface area (Å²) in [5.41, 5.74) is 2.59. The van der Waals surface area contributed by atoms with Crippen molar-refractivity contribution < 1.29 is 18.0 Å². The van der Waals surface area contributed by atoms with Crippen molar-refractivity contribution >= 4 is 44.4 Å². The standard InChI is InChI=1S/C30H30N12O4S/c43-29(26-25(15-35-39-26)38-28-24-9-10-32-27(24)33-18-34-28)37-22-5-1-20(2-6-22)16-40-11-13-41(14-12-40)30(44)21-3-7-23(8-4-21)47(45,46)42-19-31-17-36-42/h1,3-10,15,17-20H,2,11-14,16H2,(H,35,39)(H,37,43)(H2,32,33,34,38). The number of aromatic nitrogens is 8. The summed E-state index contributed by atoms with van der Waals surface area (Å²) >= 11 is 0. The third-order valence-corrected chi connectivity index (χ3v) is 9.66. The average Bonchev–Trinajstić information content (AvgIpc) is 3.89. The molecule has 1 saturated heterocycles. The predicted molar refractivity (Wildman–Crippen MR) is 170 cm³/mol. The first-order chi connectivity index (χ1) is 22.8. The van der Waals surface area contributed by atoms with Gasteiger partial charge < -0.3 is 20.5 Å². The van der Waals surface area contributed by atoms with Crippen molar-refractivity contribution in [2.75, 3.05) is 38.0 Å². The molecule has 4 aromatic heterocycles. The van der Waals surface area contributed by atoms with Crippen molar-refractivity contribution in [3.05, 3.63) is 96.9 Å². The molecule has 17 heteroatoms. The van der Waals surface area contributed by atoms with Crippen LogP contribution in [0.4, 0.5) is 11.5 Å². The first-order valence-corrected chi connectivity index (χ1v) is 16.3. The van der Waals surface area contributed by atoms with E-state index in [1.54, 1.807) is 11.1 Å². The van der Waals surface area contributed by atoms with Gasteiger partial charge in [-0.3, -0.25) is 19.6 Å². The summed E-state index contributed by atoms with van der Waals surface area (Å²) < 4.78 is 26.0. The molecule has 4 N–H and O–H groups in total. The molecule has 1 atom stereocenters. The maximum absolute atomic E-state index is 13.1. The lowest BCUT2D eigenvalue weighted by Gasteiger charge is -2.36. The van der Waals surface area contributed by atoms with E-state index >= 15 is 0 Å². The first kappa shape index (κ1) is 30.0. The first-order valence-electron chi connectivity index (χ1n) is 14.9. The topological polar surface area (TPSA) is 200 Å². The summed E-state index contributed by atoms with van der Waals surface area (Å²) in [5.74, 6) is 0.359. The van der Waals surface area contributed by atoms with E-state index < -0.39 is 10.0 Å². The quantitative estimate of drug-likeness (QED) is 0.181. The van der Waals surface area contributed by atoms with Gasteiger partial charge in [0.2, 0.25) is 0 Å². The highest BCUT2D eigenvalue weighted by molar-refractivity contribution is 7.89. The van der Waals surface area contributed by atoms with Gasteiger partial charge in [0.25, 0.3) is 21.8 Å². The Balaban J connectivity index is 0.882. The minimum absolute atomic E-state index is 0.0294. The van der Waals surface area contributed by atoms with Gasteiger partial charge >= 0.3 is 0 Å². The third-order valence-electron chi connectivity index (χ3n) is 8.11. The molecular weight excluding hydrogens is 624 g/mol. The van der Waals surface area contributed by atoms with Crippen LogP contribution in [0.3, 0.4) is 0 Å². The summed E-state index contributed by atoms with van der Waals surface area (Å²) in [6.45, 7) is 3.40. The van der Waals surface area contributed by atoms with Crippen molar-refractivity contribution in [1.29, 1.82) is 0 Å². The van der Waals surface area contributed by atoms with Gasteiger partial charge in [0.15, 0.2) is 0 Å². The highest BCUT2D eigenvalue weighted by Gasteiger charge is 2.25. The summed E-state index contributed by atoms with van der Waals surface area (Å²) in [6.07, 6.45) is 13.8. The Labute approximate surface area is 268 Å². The number of carbonyl (C=O) groups is 2. The van der Waals surface area contributed by atoms with Crippen LogP contribution >= 0.6 is 0 Å². The maximum Gasteiger partial charge on any atom is 0.284 e. The molecule has 0 bridgehead atoms. The van der Waals surface area contributed by atoms with E-state index in [0.717, 1.165) is 48.2 Å². The van der Waals surface area contributed by atoms with Crippen molar-refractivity contribution in [2.24, 2.45) is 5.92 Å². The van der Waals surface area contributed by atoms with Crippen LogP contribution in [0.25, 0.3) is 11.0 Å². The summed E-state index contributed by atoms with van der Waals surface area (Å²) in [7, 11) is -3.85. The van der Waals surface area contributed by atoms with Gasteiger partial charge in [0.05, 0.1) is 22.2 Å². The number of anilines is 2. The number of nitrogens with one attached hydrogen (secondary N) is 4. The predicted octanol–water partition coefficient (Wildman–Crippen LogP) is 1.90. The molecule has 1 fully saturated rings. The molecule has 0 saturated carbocycles. The number of H-pyrrole nitrogens is 2. The fraction of sp³-hybridized carbons (Fsp3) is 0.233. The SMILES string of the molecule is O=C(NC1=CCC(CN2CCN(C(=O)c3ccc(S(=O)(=O)n4cncn4)cc3)CC2)C=C1)c1[nH]ncc1Nc1ncnc2[nH]ccc12. The number of amides is 2. The highest BCUT2D eigenvalue weighted by Crippen LogP contribution is 2.24. The summed E-state index contributed by atoms with van der Waals surface area (Å²) in [6, 6.07) is 7.72. The number of aromatic amines is 2. The highest BCUT2D eigenvalue weighted by atomic mass is 32.2. The van der Waals surface area contributed by atoms with Crippen LogP contribution in [0.2, 0.25) is 0 Å². The number of carbonyl (C=O) groups excluding carboxylic acids is 2. The zero-order valence-corrected chi connectivity index (χ0v) is 25.8. The molecule has 1 aromatic carbocycles. The summed E-state index contributed by atoms with van der Waals surface area (Å²) in [5, 5.41) is 17.4. The molecule has 1 unspecified atom stereocenters. The number of fused-ring (bicyclic) bond motifs is 1. The zero-order chi connectivity index (χ0) is 32.4. The van der Waals surface area contributed by atoms with E-state index in [1.165, 1.54) is 36.8 Å². The van der Waals surface area contributed by atoms with E-state index in [1.807, 2.05) is 18.2 Å². The van der Waals surface area contributed by atoms with Gasteiger partial charge in [-0.25, -0.2) is 15.0 Å². The van der Waals surface area contributed by atoms with E-state index in [-0.39, 0.29) is 28.3 Å². The molecule has 16 nitrogen and oxygen atoms in total. The lowest BCUT2D eigenvalue weighted by Crippen LogP contribution is -2.49. The van der Waals surface area contributed by atoms with Crippen molar-refractivity contribution in [2.45, 2.75) is 11.3 Å². The Hall–Kier alpha value is -5.68. The lowest BCUT2D eigenvalue weighted by atomic mass is 9.98. The van der Waals surface area contributed by atoms with Crippen LogP contribution < -0.4 is 10.6 Å². The van der Waals surface area contributed by atoms with Gasteiger partial charge in [0, 0.05) is 50.2 Å². The molecule has 1 aliphatic heterocycles. The minimum atomic E-state index is -3.85. The van der Waals surface area contributed by atoms with E-state index in [9.17, 15) is 18.0 Å². The van der Waals surface area contributed by atoms with Crippen LogP contribution in [-0.4, -0.2) is 102 Å². The molecule has 0 spiro atoms. The number of piperazine rings is 1. The van der Waals surface area contributed by atoms with Gasteiger partial charge in [0.1, 0.15) is 36.1 Å². The lowest BCUT2D eigenvalue weighted by molar-refractivity contribution is 0.0625. The second-order valence-electron chi connectivity index (χ2n) is 11.1. The molecule has 1 aliphatic carbocycles. The zero-order valence-electron chi connectivity index (χ0n) is 24.9. The van der Waals surface area contributed by atoms with Crippen LogP contribution in [0.15, 0.2) is 90.5 Å². The normalized spacial score (nSPS) is 17.1. The largest absolute Gasteiger partial charge is 0.346 e. The van der Waals surface area contributed by atoms with Crippen molar-refractivity contribution in [3.63, 3.8) is 0 Å². The van der Waals surface area contributed by atoms with Crippen LogP contribution in [-0.2, 0) is 10.0 Å². The van der Waals surface area contributed by atoms with Crippen molar-refractivity contribution in [1.82, 2.24) is 54.4 Å². The number of benzene rings is 1. The number of hydrogen-bond donors (Lipinski definition) is 4. The number of rotatable bonds is 9. The molecule has 2 aliphatic rings. The van der Waals surface area contributed by atoms with Crippen LogP contribution in [0, 0.1) is 5.92 Å². The minimum Gasteiger partial charge on any atom is -0.346 e. The molecule has 47 heavy (non-hydrogen) atoms. The number of hydrogen-bond acceptors (Lipinski definition) is 11. The van der Waals surface area contributed by atoms with Gasteiger partial charge in [-0.15, -0.1) is 9.19 Å². The van der Waals surface area contributed by atoms with Crippen molar-refractivity contribution in [3.8, 4) is 0 Å². The smallest absolute Gasteiger partial charge is 0.284 e. The second-order valence-corrected chi connectivity index (χ2v) is 12.9. The second kappa shape index (κ2) is 12.6. The van der Waals surface area contributed by atoms with Crippen LogP contribution in [0.1, 0.15) is 27.3 Å². The summed E-state index contributed by atoms with van der Waals surface area (Å²) in [4.78, 5) is 45.5. The maximum atomic E-state index is 13.1. The van der Waals surface area contributed by atoms with E-state index in [4.69, 9.17) is 0 Å². The molecule has 0 radical (unpaired) electrons. The van der Waals surface area contributed by atoms with E-state index in [2.05, 4.69) is 56.8 Å². The number of nitrogens with zero attached hydrogens (tertiary/aromatic N) is 8. The fourth-order valence-electron chi connectivity index (χ4n) is 5.59. The Kier molecular flexibility index (Phi) is 8.05. The third kappa shape index (κ3) is 6.25. The Morgan fingerprint density at radius 1 is 1.02 bits per heavy atom. The number of allylic oxidation sites excluding steroid dienone is 2. The molecule has 7 rings (SSSR count). The monoisotopic (exact) mass is 654 g/mol. The van der Waals surface area contributed by atoms with Gasteiger partial charge in [-0.2, -0.15) is 13.5 Å². The van der Waals surface area contributed by atoms with Crippen LogP contribution in [0.5, 0.6) is 0 Å². The Morgan fingerprint density at radius 2 is 1.85 bits per heavy atom. The molecule has 2 amide bonds. The average molecular weight is 655 g/mol. The molecule has 240 valence electrons. The molecular formula is C30H30N12O4S. The fourth-order valence-corrected chi connectivity index (χ4v) is 6.63. The molecule has 5 aromatic rings.